The number of hydrogen-bond donors (Lipinski definition) is 1. The second-order valence-electron chi connectivity index (χ2n) is 5.81. The van der Waals surface area contributed by atoms with Crippen molar-refractivity contribution in [3.8, 4) is 0 Å². The van der Waals surface area contributed by atoms with E-state index >= 15 is 0 Å². The molecule has 0 radical (unpaired) electrons. The Balaban J connectivity index is 2.37. The molecule has 0 spiro atoms. The molecule has 0 saturated heterocycles. The topological polar surface area (TPSA) is 15.3 Å². The van der Waals surface area contributed by atoms with E-state index in [1.165, 1.54) is 5.56 Å². The van der Waals surface area contributed by atoms with Crippen LogP contribution in [-0.4, -0.2) is 14.1 Å². The number of benzene rings is 2. The maximum absolute atomic E-state index is 6.35. The number of anilines is 2. The largest absolute Gasteiger partial charge is 0.376 e. The fourth-order valence-electron chi connectivity index (χ4n) is 2.55. The van der Waals surface area contributed by atoms with Crippen LogP contribution < -0.4 is 10.2 Å². The third-order valence-electron chi connectivity index (χ3n) is 3.57. The Morgan fingerprint density at radius 2 is 1.62 bits per heavy atom. The van der Waals surface area contributed by atoms with E-state index in [-0.39, 0.29) is 6.04 Å². The normalized spacial score (nSPS) is 12.3. The van der Waals surface area contributed by atoms with Crippen LogP contribution >= 0.6 is 11.6 Å². The third-order valence-corrected chi connectivity index (χ3v) is 3.88. The highest BCUT2D eigenvalue weighted by Gasteiger charge is 2.18. The molecular formula is C18H23ClN2. The molecule has 2 aromatic rings. The zero-order valence-corrected chi connectivity index (χ0v) is 13.9. The lowest BCUT2D eigenvalue weighted by molar-refractivity contribution is 0.546. The minimum absolute atomic E-state index is 0.253. The van der Waals surface area contributed by atoms with Gasteiger partial charge in [0, 0.05) is 14.1 Å². The van der Waals surface area contributed by atoms with Gasteiger partial charge < -0.3 is 10.2 Å². The molecule has 0 aromatic heterocycles. The van der Waals surface area contributed by atoms with Crippen molar-refractivity contribution in [3.63, 3.8) is 0 Å². The molecule has 0 bridgehead atoms. The van der Waals surface area contributed by atoms with Gasteiger partial charge in [0.2, 0.25) is 0 Å². The number of para-hydroxylation sites is 1. The van der Waals surface area contributed by atoms with Crippen LogP contribution in [0.2, 0.25) is 5.02 Å². The maximum atomic E-state index is 6.35. The van der Waals surface area contributed by atoms with Crippen LogP contribution in [0.1, 0.15) is 25.5 Å². The first-order valence-electron chi connectivity index (χ1n) is 7.28. The predicted molar refractivity (Wildman–Crippen MR) is 93.4 cm³/mol. The van der Waals surface area contributed by atoms with E-state index < -0.39 is 0 Å². The van der Waals surface area contributed by atoms with E-state index in [0.717, 1.165) is 16.4 Å². The summed E-state index contributed by atoms with van der Waals surface area (Å²) in [7, 11) is 4.03. The molecule has 0 aliphatic carbocycles. The summed E-state index contributed by atoms with van der Waals surface area (Å²) in [6, 6.07) is 16.8. The number of hydrogen-bond acceptors (Lipinski definition) is 2. The predicted octanol–water partition coefficient (Wildman–Crippen LogP) is 5.22. The van der Waals surface area contributed by atoms with Gasteiger partial charge in [-0.2, -0.15) is 0 Å². The Morgan fingerprint density at radius 1 is 0.952 bits per heavy atom. The van der Waals surface area contributed by atoms with Crippen molar-refractivity contribution in [1.29, 1.82) is 0 Å². The Kier molecular flexibility index (Phi) is 5.13. The summed E-state index contributed by atoms with van der Waals surface area (Å²) in [5.74, 6) is 0.474. The average molecular weight is 303 g/mol. The van der Waals surface area contributed by atoms with Crippen molar-refractivity contribution in [1.82, 2.24) is 0 Å². The first-order valence-corrected chi connectivity index (χ1v) is 7.66. The molecule has 2 aromatic carbocycles. The average Bonchev–Trinajstić information content (AvgIpc) is 2.45. The Bertz CT molecular complexity index is 579. The number of nitrogens with zero attached hydrogens (tertiary/aromatic N) is 1. The minimum atomic E-state index is 0.253. The van der Waals surface area contributed by atoms with Crippen molar-refractivity contribution in [3.05, 3.63) is 59.1 Å². The second-order valence-corrected chi connectivity index (χ2v) is 6.21. The van der Waals surface area contributed by atoms with E-state index in [1.54, 1.807) is 0 Å². The summed E-state index contributed by atoms with van der Waals surface area (Å²) >= 11 is 6.35. The van der Waals surface area contributed by atoms with Gasteiger partial charge in [0.1, 0.15) is 0 Å². The van der Waals surface area contributed by atoms with E-state index in [0.29, 0.717) is 5.92 Å². The Labute approximate surface area is 132 Å². The molecule has 2 nitrogen and oxygen atoms in total. The molecule has 1 unspecified atom stereocenters. The summed E-state index contributed by atoms with van der Waals surface area (Å²) in [6.07, 6.45) is 0. The number of rotatable bonds is 5. The molecule has 2 rings (SSSR count). The van der Waals surface area contributed by atoms with Crippen LogP contribution in [0.4, 0.5) is 11.4 Å². The van der Waals surface area contributed by atoms with Gasteiger partial charge in [-0.15, -0.1) is 0 Å². The lowest BCUT2D eigenvalue weighted by Crippen LogP contribution is -2.19. The summed E-state index contributed by atoms with van der Waals surface area (Å²) in [5, 5.41) is 4.42. The summed E-state index contributed by atoms with van der Waals surface area (Å²) < 4.78 is 0. The zero-order valence-electron chi connectivity index (χ0n) is 13.1. The Morgan fingerprint density at radius 3 is 2.19 bits per heavy atom. The van der Waals surface area contributed by atoms with Crippen molar-refractivity contribution < 1.29 is 0 Å². The number of halogens is 1. The van der Waals surface area contributed by atoms with Crippen LogP contribution in [0.5, 0.6) is 0 Å². The van der Waals surface area contributed by atoms with Gasteiger partial charge in [-0.25, -0.2) is 0 Å². The summed E-state index contributed by atoms with van der Waals surface area (Å²) in [6.45, 7) is 4.45. The highest BCUT2D eigenvalue weighted by molar-refractivity contribution is 6.34. The van der Waals surface area contributed by atoms with Gasteiger partial charge in [-0.3, -0.25) is 0 Å². The first kappa shape index (κ1) is 15.7. The second kappa shape index (κ2) is 6.86. The zero-order chi connectivity index (χ0) is 15.4. The molecule has 0 fully saturated rings. The molecule has 0 saturated carbocycles. The van der Waals surface area contributed by atoms with Crippen LogP contribution in [0.3, 0.4) is 0 Å². The molecular weight excluding hydrogens is 280 g/mol. The van der Waals surface area contributed by atoms with Crippen molar-refractivity contribution in [2.75, 3.05) is 24.3 Å². The van der Waals surface area contributed by atoms with E-state index in [4.69, 9.17) is 11.6 Å². The quantitative estimate of drug-likeness (QED) is 0.815. The lowest BCUT2D eigenvalue weighted by Gasteiger charge is -2.27. The highest BCUT2D eigenvalue weighted by Crippen LogP contribution is 2.36. The smallest absolute Gasteiger partial charge is 0.0786 e. The van der Waals surface area contributed by atoms with E-state index in [9.17, 15) is 0 Å². The van der Waals surface area contributed by atoms with Crippen LogP contribution in [-0.2, 0) is 0 Å². The summed E-state index contributed by atoms with van der Waals surface area (Å²) in [4.78, 5) is 2.05. The standard InChI is InChI=1S/C18H23ClN2/c1-13(2)17(14-9-6-5-7-10-14)20-16-12-8-11-15(19)18(16)21(3)4/h5-13,17,20H,1-4H3. The minimum Gasteiger partial charge on any atom is -0.376 e. The fourth-order valence-corrected chi connectivity index (χ4v) is 2.89. The monoisotopic (exact) mass is 302 g/mol. The summed E-state index contributed by atoms with van der Waals surface area (Å²) in [5.41, 5.74) is 3.38. The van der Waals surface area contributed by atoms with E-state index in [1.807, 2.05) is 37.2 Å². The van der Waals surface area contributed by atoms with Crippen molar-refractivity contribution >= 4 is 23.0 Å². The van der Waals surface area contributed by atoms with Gasteiger partial charge in [0.15, 0.2) is 0 Å². The molecule has 0 aliphatic rings. The molecule has 0 aliphatic heterocycles. The van der Waals surface area contributed by atoms with Crippen LogP contribution in [0.25, 0.3) is 0 Å². The molecule has 1 atom stereocenters. The van der Waals surface area contributed by atoms with Gasteiger partial charge in [-0.05, 0) is 23.6 Å². The fraction of sp³-hybridized carbons (Fsp3) is 0.333. The van der Waals surface area contributed by atoms with Crippen LogP contribution in [0.15, 0.2) is 48.5 Å². The first-order chi connectivity index (χ1) is 10.0. The van der Waals surface area contributed by atoms with Gasteiger partial charge in [0.25, 0.3) is 0 Å². The van der Waals surface area contributed by atoms with Crippen molar-refractivity contribution in [2.24, 2.45) is 5.92 Å². The van der Waals surface area contributed by atoms with E-state index in [2.05, 4.69) is 49.5 Å². The lowest BCUT2D eigenvalue weighted by atomic mass is 9.95. The number of nitrogens with one attached hydrogen (secondary N) is 1. The molecule has 21 heavy (non-hydrogen) atoms. The molecule has 0 amide bonds. The third kappa shape index (κ3) is 3.70. The highest BCUT2D eigenvalue weighted by atomic mass is 35.5. The van der Waals surface area contributed by atoms with Gasteiger partial charge in [0.05, 0.1) is 22.4 Å². The molecule has 3 heteroatoms. The van der Waals surface area contributed by atoms with Crippen molar-refractivity contribution in [2.45, 2.75) is 19.9 Å². The molecule has 0 heterocycles. The molecule has 1 N–H and O–H groups in total. The maximum Gasteiger partial charge on any atom is 0.0786 e. The SMILES string of the molecule is CC(C)C(Nc1cccc(Cl)c1N(C)C)c1ccccc1. The van der Waals surface area contributed by atoms with Gasteiger partial charge in [-0.1, -0.05) is 61.8 Å². The molecule has 112 valence electrons. The Hall–Kier alpha value is -1.67. The van der Waals surface area contributed by atoms with Crippen LogP contribution in [0, 0.1) is 5.92 Å². The van der Waals surface area contributed by atoms with Gasteiger partial charge >= 0.3 is 0 Å².